The number of hydrazine groups is 2. The van der Waals surface area contributed by atoms with Crippen molar-refractivity contribution in [1.29, 1.82) is 0 Å². The van der Waals surface area contributed by atoms with Gasteiger partial charge in [0.1, 0.15) is 5.75 Å². The van der Waals surface area contributed by atoms with Gasteiger partial charge in [-0.05, 0) is 47.9 Å². The average Bonchev–Trinajstić information content (AvgIpc) is 3.31. The maximum absolute atomic E-state index is 5.51. The minimum absolute atomic E-state index is 0.827. The zero-order valence-electron chi connectivity index (χ0n) is 20.6. The first-order valence-electron chi connectivity index (χ1n) is 12.3. The van der Waals surface area contributed by atoms with Crippen LogP contribution in [-0.2, 0) is 11.2 Å². The van der Waals surface area contributed by atoms with Gasteiger partial charge in [-0.2, -0.15) is 0 Å². The van der Waals surface area contributed by atoms with Crippen LogP contribution >= 0.6 is 0 Å². The number of nitrogens with one attached hydrogen (secondary N) is 2. The molecule has 1 saturated heterocycles. The number of nitrogens with zero attached hydrogens (tertiary/aromatic N) is 2. The highest BCUT2D eigenvalue weighted by Crippen LogP contribution is 2.28. The van der Waals surface area contributed by atoms with E-state index in [1.54, 1.807) is 7.11 Å². The molecule has 3 aromatic rings. The molecule has 6 heteroatoms. The Balaban J connectivity index is 1.36. The molecule has 0 spiro atoms. The number of methoxy groups -OCH3 is 1. The fraction of sp³-hybridized carbons (Fsp3) is 0.310. The maximum atomic E-state index is 5.51. The maximum Gasteiger partial charge on any atom is 0.118 e. The van der Waals surface area contributed by atoms with Crippen molar-refractivity contribution in [2.45, 2.75) is 19.8 Å². The number of hydrogen-bond donors (Lipinski definition) is 2. The molecule has 0 aromatic heterocycles. The van der Waals surface area contributed by atoms with E-state index in [0.717, 1.165) is 57.1 Å². The van der Waals surface area contributed by atoms with Gasteiger partial charge in [0.2, 0.25) is 0 Å². The number of hydrogen-bond acceptors (Lipinski definition) is 6. The summed E-state index contributed by atoms with van der Waals surface area (Å²) in [6, 6.07) is 25.7. The Labute approximate surface area is 208 Å². The van der Waals surface area contributed by atoms with Crippen molar-refractivity contribution < 1.29 is 9.47 Å². The number of morpholine rings is 1. The number of aryl methyl sites for hydroxylation is 1. The summed E-state index contributed by atoms with van der Waals surface area (Å²) < 4.78 is 10.8. The van der Waals surface area contributed by atoms with Gasteiger partial charge in [-0.3, -0.25) is 9.91 Å². The Morgan fingerprint density at radius 2 is 1.51 bits per heavy atom. The van der Waals surface area contributed by atoms with Crippen LogP contribution in [0.1, 0.15) is 17.5 Å². The van der Waals surface area contributed by atoms with Gasteiger partial charge < -0.3 is 14.9 Å². The van der Waals surface area contributed by atoms with Crippen LogP contribution in [0.4, 0.5) is 5.69 Å². The van der Waals surface area contributed by atoms with Crippen LogP contribution in [0, 0.1) is 6.92 Å². The van der Waals surface area contributed by atoms with Crippen molar-refractivity contribution in [2.75, 3.05) is 45.0 Å². The molecule has 0 bridgehead atoms. The van der Waals surface area contributed by atoms with E-state index in [1.807, 2.05) is 12.1 Å². The first kappa shape index (κ1) is 23.4. The minimum Gasteiger partial charge on any atom is -0.497 e. The molecule has 5 rings (SSSR count). The molecule has 0 aliphatic carbocycles. The number of ether oxygens (including phenoxy) is 2. The largest absolute Gasteiger partial charge is 0.497 e. The summed E-state index contributed by atoms with van der Waals surface area (Å²) in [5.41, 5.74) is 15.4. The van der Waals surface area contributed by atoms with Crippen molar-refractivity contribution in [3.05, 3.63) is 95.3 Å². The zero-order valence-corrected chi connectivity index (χ0v) is 20.6. The standard InChI is InChI=1S/C29H34N4O2/c1-22-3-11-26(12-4-22)33-29(28(30-31-33)15-16-32-17-19-35-20-18-32)21-23-5-7-24(8-6-23)25-9-13-27(34-2)14-10-25/h3-14,30-31H,15-21H2,1-2H3. The second kappa shape index (κ2) is 11.0. The molecule has 3 aromatic carbocycles. The van der Waals surface area contributed by atoms with Crippen molar-refractivity contribution >= 4 is 5.69 Å². The Morgan fingerprint density at radius 1 is 0.857 bits per heavy atom. The highest BCUT2D eigenvalue weighted by atomic mass is 16.5. The molecule has 182 valence electrons. The van der Waals surface area contributed by atoms with Crippen LogP contribution in [-0.4, -0.2) is 44.9 Å². The molecule has 0 radical (unpaired) electrons. The number of rotatable bonds is 8. The van der Waals surface area contributed by atoms with Gasteiger partial charge in [0.25, 0.3) is 0 Å². The molecular formula is C29H34N4O2. The quantitative estimate of drug-likeness (QED) is 0.499. The third-order valence-corrected chi connectivity index (χ3v) is 6.76. The molecule has 2 aliphatic heterocycles. The van der Waals surface area contributed by atoms with Crippen molar-refractivity contribution in [1.82, 2.24) is 15.9 Å². The Hall–Kier alpha value is -3.32. The molecule has 1 fully saturated rings. The summed E-state index contributed by atoms with van der Waals surface area (Å²) in [6.07, 6.45) is 1.81. The van der Waals surface area contributed by atoms with E-state index in [-0.39, 0.29) is 0 Å². The second-order valence-electron chi connectivity index (χ2n) is 9.14. The van der Waals surface area contributed by atoms with Gasteiger partial charge in [-0.15, -0.1) is 5.53 Å². The van der Waals surface area contributed by atoms with Gasteiger partial charge in [0.15, 0.2) is 0 Å². The first-order valence-corrected chi connectivity index (χ1v) is 12.3. The first-order chi connectivity index (χ1) is 17.2. The fourth-order valence-corrected chi connectivity index (χ4v) is 4.59. The smallest absolute Gasteiger partial charge is 0.118 e. The molecule has 35 heavy (non-hydrogen) atoms. The van der Waals surface area contributed by atoms with E-state index in [1.165, 1.54) is 33.6 Å². The normalized spacial score (nSPS) is 16.5. The highest BCUT2D eigenvalue weighted by molar-refractivity contribution is 5.64. The summed E-state index contributed by atoms with van der Waals surface area (Å²) in [7, 11) is 1.69. The van der Waals surface area contributed by atoms with Crippen LogP contribution in [0.3, 0.4) is 0 Å². The molecule has 0 atom stereocenters. The number of benzene rings is 3. The molecular weight excluding hydrogens is 436 g/mol. The van der Waals surface area contributed by atoms with Gasteiger partial charge in [-0.1, -0.05) is 54.1 Å². The lowest BCUT2D eigenvalue weighted by Gasteiger charge is -2.26. The summed E-state index contributed by atoms with van der Waals surface area (Å²) in [6.45, 7) is 6.81. The topological polar surface area (TPSA) is 49.0 Å². The molecule has 2 aliphatic rings. The minimum atomic E-state index is 0.827. The predicted molar refractivity (Wildman–Crippen MR) is 141 cm³/mol. The van der Waals surface area contributed by atoms with E-state index in [0.29, 0.717) is 0 Å². The van der Waals surface area contributed by atoms with E-state index < -0.39 is 0 Å². The van der Waals surface area contributed by atoms with Gasteiger partial charge in [0.05, 0.1) is 37.4 Å². The lowest BCUT2D eigenvalue weighted by atomic mass is 10.0. The number of anilines is 1. The lowest BCUT2D eigenvalue weighted by molar-refractivity contribution is 0.0382. The van der Waals surface area contributed by atoms with E-state index >= 15 is 0 Å². The van der Waals surface area contributed by atoms with Crippen LogP contribution in [0.2, 0.25) is 0 Å². The molecule has 2 heterocycles. The zero-order chi connectivity index (χ0) is 24.0. The monoisotopic (exact) mass is 470 g/mol. The van der Waals surface area contributed by atoms with E-state index in [4.69, 9.17) is 9.47 Å². The van der Waals surface area contributed by atoms with Crippen molar-refractivity contribution in [3.8, 4) is 16.9 Å². The van der Waals surface area contributed by atoms with Crippen LogP contribution in [0.25, 0.3) is 11.1 Å². The Bertz CT molecular complexity index is 1130. The predicted octanol–water partition coefficient (Wildman–Crippen LogP) is 4.68. The van der Waals surface area contributed by atoms with Crippen molar-refractivity contribution in [3.63, 3.8) is 0 Å². The van der Waals surface area contributed by atoms with Crippen LogP contribution in [0.5, 0.6) is 5.75 Å². The molecule has 2 N–H and O–H groups in total. The molecule has 0 unspecified atom stereocenters. The van der Waals surface area contributed by atoms with Gasteiger partial charge in [-0.25, -0.2) is 0 Å². The van der Waals surface area contributed by atoms with Crippen LogP contribution in [0.15, 0.2) is 84.2 Å². The average molecular weight is 471 g/mol. The molecule has 0 amide bonds. The third-order valence-electron chi connectivity index (χ3n) is 6.76. The van der Waals surface area contributed by atoms with E-state index in [2.05, 4.69) is 88.5 Å². The van der Waals surface area contributed by atoms with Gasteiger partial charge in [0, 0.05) is 32.5 Å². The van der Waals surface area contributed by atoms with E-state index in [9.17, 15) is 0 Å². The lowest BCUT2D eigenvalue weighted by Crippen LogP contribution is -2.39. The number of allylic oxidation sites excluding steroid dienone is 1. The Morgan fingerprint density at radius 3 is 2.17 bits per heavy atom. The fourth-order valence-electron chi connectivity index (χ4n) is 4.59. The van der Waals surface area contributed by atoms with Crippen molar-refractivity contribution in [2.24, 2.45) is 0 Å². The summed E-state index contributed by atoms with van der Waals surface area (Å²) in [5, 5.41) is 2.19. The summed E-state index contributed by atoms with van der Waals surface area (Å²) >= 11 is 0. The SMILES string of the molecule is COc1ccc(-c2ccc(CC3=C(CCN4CCOCC4)NNN3c3ccc(C)cc3)cc2)cc1. The van der Waals surface area contributed by atoms with Crippen LogP contribution < -0.4 is 20.7 Å². The second-order valence-corrected chi connectivity index (χ2v) is 9.14. The van der Waals surface area contributed by atoms with Gasteiger partial charge >= 0.3 is 0 Å². The summed E-state index contributed by atoms with van der Waals surface area (Å²) in [4.78, 5) is 2.48. The summed E-state index contributed by atoms with van der Waals surface area (Å²) in [5.74, 6) is 0.874. The third kappa shape index (κ3) is 5.68. The molecule has 6 nitrogen and oxygen atoms in total. The molecule has 0 saturated carbocycles. The Kier molecular flexibility index (Phi) is 7.33. The highest BCUT2D eigenvalue weighted by Gasteiger charge is 2.24.